The average Bonchev–Trinajstić information content (AvgIpc) is 2.46. The highest BCUT2D eigenvalue weighted by atomic mass is 16.6. The zero-order valence-corrected chi connectivity index (χ0v) is 11.2. The van der Waals surface area contributed by atoms with Gasteiger partial charge in [-0.15, -0.1) is 0 Å². The predicted octanol–water partition coefficient (Wildman–Crippen LogP) is 2.89. The molecule has 0 radical (unpaired) electrons. The van der Waals surface area contributed by atoms with Crippen molar-refractivity contribution in [3.63, 3.8) is 0 Å². The zero-order chi connectivity index (χ0) is 14.7. The van der Waals surface area contributed by atoms with Crippen LogP contribution in [0.15, 0.2) is 48.5 Å². The molecule has 20 heavy (non-hydrogen) atoms. The molecule has 0 fully saturated rings. The van der Waals surface area contributed by atoms with Crippen LogP contribution in [-0.2, 0) is 0 Å². The first-order valence-electron chi connectivity index (χ1n) is 6.06. The number of anilines is 1. The maximum Gasteiger partial charge on any atom is 0.293 e. The Labute approximate surface area is 116 Å². The number of nitro groups is 1. The third kappa shape index (κ3) is 2.66. The Balaban J connectivity index is 2.47. The molecule has 2 rings (SSSR count). The normalized spacial score (nSPS) is 10.1. The Morgan fingerprint density at radius 2 is 1.70 bits per heavy atom. The third-order valence-corrected chi connectivity index (χ3v) is 2.95. The van der Waals surface area contributed by atoms with Gasteiger partial charge in [0.05, 0.1) is 4.92 Å². The second kappa shape index (κ2) is 5.52. The number of ketones is 1. The van der Waals surface area contributed by atoms with Crippen LogP contribution in [0, 0.1) is 10.1 Å². The number of benzene rings is 2. The van der Waals surface area contributed by atoms with Crippen LogP contribution in [0.1, 0.15) is 15.9 Å². The first-order valence-corrected chi connectivity index (χ1v) is 6.06. The molecule has 0 aliphatic carbocycles. The number of nitro benzene ring substituents is 1. The number of rotatable bonds is 4. The van der Waals surface area contributed by atoms with E-state index < -0.39 is 4.92 Å². The minimum Gasteiger partial charge on any atom is -0.372 e. The summed E-state index contributed by atoms with van der Waals surface area (Å²) in [5, 5.41) is 11.1. The van der Waals surface area contributed by atoms with Crippen molar-refractivity contribution in [1.29, 1.82) is 0 Å². The van der Waals surface area contributed by atoms with Crippen molar-refractivity contribution >= 4 is 17.2 Å². The van der Waals surface area contributed by atoms with E-state index in [0.29, 0.717) is 16.8 Å². The number of hydrogen-bond donors (Lipinski definition) is 0. The molecule has 0 atom stereocenters. The highest BCUT2D eigenvalue weighted by Crippen LogP contribution is 2.28. The van der Waals surface area contributed by atoms with Crippen LogP contribution < -0.4 is 4.90 Å². The fourth-order valence-electron chi connectivity index (χ4n) is 1.95. The van der Waals surface area contributed by atoms with Gasteiger partial charge in [0, 0.05) is 31.3 Å². The molecule has 0 N–H and O–H groups in total. The second-order valence-corrected chi connectivity index (χ2v) is 4.55. The van der Waals surface area contributed by atoms with Gasteiger partial charge in [0.2, 0.25) is 0 Å². The highest BCUT2D eigenvalue weighted by molar-refractivity contribution is 6.09. The van der Waals surface area contributed by atoms with E-state index in [1.807, 2.05) is 6.07 Å². The third-order valence-electron chi connectivity index (χ3n) is 2.95. The van der Waals surface area contributed by atoms with Crippen molar-refractivity contribution in [2.45, 2.75) is 0 Å². The summed E-state index contributed by atoms with van der Waals surface area (Å²) in [5.74, 6) is -0.223. The van der Waals surface area contributed by atoms with Gasteiger partial charge in [-0.3, -0.25) is 14.9 Å². The van der Waals surface area contributed by atoms with Crippen molar-refractivity contribution in [3.8, 4) is 0 Å². The summed E-state index contributed by atoms with van der Waals surface area (Å²) in [7, 11) is 3.45. The lowest BCUT2D eigenvalue weighted by Gasteiger charge is -2.13. The Morgan fingerprint density at radius 1 is 1.05 bits per heavy atom. The van der Waals surface area contributed by atoms with Crippen molar-refractivity contribution < 1.29 is 9.72 Å². The van der Waals surface area contributed by atoms with Gasteiger partial charge in [0.25, 0.3) is 5.69 Å². The van der Waals surface area contributed by atoms with Gasteiger partial charge in [-0.2, -0.15) is 0 Å². The topological polar surface area (TPSA) is 63.5 Å². The summed E-state index contributed by atoms with van der Waals surface area (Å²) in [4.78, 5) is 24.5. The lowest BCUT2D eigenvalue weighted by molar-refractivity contribution is -0.384. The standard InChI is InChI=1S/C15H14N2O3/c1-16(2)13-9-8-12(10-14(13)17(19)20)15(18)11-6-4-3-5-7-11/h3-10H,1-2H3. The molecule has 0 aliphatic heterocycles. The van der Waals surface area contributed by atoms with E-state index in [0.717, 1.165) is 0 Å². The first kappa shape index (κ1) is 13.7. The molecule has 0 unspecified atom stereocenters. The summed E-state index contributed by atoms with van der Waals surface area (Å²) in [6.07, 6.45) is 0. The van der Waals surface area contributed by atoms with Gasteiger partial charge in [0.15, 0.2) is 5.78 Å². The van der Waals surface area contributed by atoms with E-state index >= 15 is 0 Å². The predicted molar refractivity (Wildman–Crippen MR) is 77.3 cm³/mol. The van der Waals surface area contributed by atoms with Crippen LogP contribution in [0.25, 0.3) is 0 Å². The molecule has 102 valence electrons. The quantitative estimate of drug-likeness (QED) is 0.487. The minimum absolute atomic E-state index is 0.0724. The van der Waals surface area contributed by atoms with E-state index in [4.69, 9.17) is 0 Å². The summed E-state index contributed by atoms with van der Waals surface area (Å²) in [5.41, 5.74) is 1.23. The molecule has 0 saturated heterocycles. The van der Waals surface area contributed by atoms with E-state index in [1.54, 1.807) is 55.4 Å². The van der Waals surface area contributed by atoms with E-state index in [9.17, 15) is 14.9 Å². The van der Waals surface area contributed by atoms with Crippen molar-refractivity contribution in [2.24, 2.45) is 0 Å². The number of carbonyl (C=O) groups is 1. The number of hydrogen-bond acceptors (Lipinski definition) is 4. The smallest absolute Gasteiger partial charge is 0.293 e. The molecule has 0 aliphatic rings. The van der Waals surface area contributed by atoms with Gasteiger partial charge in [-0.1, -0.05) is 30.3 Å². The first-order chi connectivity index (χ1) is 9.50. The fraction of sp³-hybridized carbons (Fsp3) is 0.133. The maximum absolute atomic E-state index is 12.3. The lowest BCUT2D eigenvalue weighted by atomic mass is 10.0. The average molecular weight is 270 g/mol. The van der Waals surface area contributed by atoms with E-state index in [2.05, 4.69) is 0 Å². The van der Waals surface area contributed by atoms with Crippen LogP contribution in [-0.4, -0.2) is 24.8 Å². The molecule has 0 heterocycles. The highest BCUT2D eigenvalue weighted by Gasteiger charge is 2.19. The SMILES string of the molecule is CN(C)c1ccc(C(=O)c2ccccc2)cc1[N+](=O)[O-]. The fourth-order valence-corrected chi connectivity index (χ4v) is 1.95. The molecule has 0 saturated carbocycles. The summed E-state index contributed by atoms with van der Waals surface area (Å²) in [6, 6.07) is 13.2. The van der Waals surface area contributed by atoms with E-state index in [1.165, 1.54) is 6.07 Å². The van der Waals surface area contributed by atoms with Crippen molar-refractivity contribution in [1.82, 2.24) is 0 Å². The Hall–Kier alpha value is -2.69. The van der Waals surface area contributed by atoms with Gasteiger partial charge >= 0.3 is 0 Å². The summed E-state index contributed by atoms with van der Waals surface area (Å²) in [6.45, 7) is 0. The maximum atomic E-state index is 12.3. The molecule has 0 aromatic heterocycles. The van der Waals surface area contributed by atoms with Crippen LogP contribution in [0.4, 0.5) is 11.4 Å². The molecule has 5 heteroatoms. The van der Waals surface area contributed by atoms with Crippen molar-refractivity contribution in [3.05, 3.63) is 69.8 Å². The van der Waals surface area contributed by atoms with Crippen LogP contribution in [0.2, 0.25) is 0 Å². The minimum atomic E-state index is -0.475. The molecular weight excluding hydrogens is 256 g/mol. The molecule has 0 amide bonds. The lowest BCUT2D eigenvalue weighted by Crippen LogP contribution is -2.12. The monoisotopic (exact) mass is 270 g/mol. The van der Waals surface area contributed by atoms with Gasteiger partial charge in [0.1, 0.15) is 5.69 Å². The van der Waals surface area contributed by atoms with Gasteiger partial charge in [-0.25, -0.2) is 0 Å². The Bertz CT molecular complexity index is 651. The summed E-state index contributed by atoms with van der Waals surface area (Å²) < 4.78 is 0. The van der Waals surface area contributed by atoms with Crippen LogP contribution >= 0.6 is 0 Å². The molecule has 5 nitrogen and oxygen atoms in total. The Kier molecular flexibility index (Phi) is 3.79. The van der Waals surface area contributed by atoms with E-state index in [-0.39, 0.29) is 11.5 Å². The summed E-state index contributed by atoms with van der Waals surface area (Å²) >= 11 is 0. The second-order valence-electron chi connectivity index (χ2n) is 4.55. The molecular formula is C15H14N2O3. The number of nitrogens with zero attached hydrogens (tertiary/aromatic N) is 2. The van der Waals surface area contributed by atoms with Crippen LogP contribution in [0.3, 0.4) is 0 Å². The molecule has 2 aromatic carbocycles. The van der Waals surface area contributed by atoms with Gasteiger partial charge < -0.3 is 4.90 Å². The van der Waals surface area contributed by atoms with Gasteiger partial charge in [-0.05, 0) is 12.1 Å². The number of carbonyl (C=O) groups excluding carboxylic acids is 1. The zero-order valence-electron chi connectivity index (χ0n) is 11.2. The van der Waals surface area contributed by atoms with Crippen LogP contribution in [0.5, 0.6) is 0 Å². The molecule has 0 spiro atoms. The molecule has 2 aromatic rings. The largest absolute Gasteiger partial charge is 0.372 e. The molecule has 0 bridgehead atoms. The Morgan fingerprint density at radius 3 is 2.25 bits per heavy atom. The van der Waals surface area contributed by atoms with Crippen molar-refractivity contribution in [2.75, 3.05) is 19.0 Å².